The van der Waals surface area contributed by atoms with E-state index in [-0.39, 0.29) is 36.0 Å². The minimum atomic E-state index is -0.794. The van der Waals surface area contributed by atoms with Crippen molar-refractivity contribution in [3.63, 3.8) is 0 Å². The maximum absolute atomic E-state index is 12.5. The van der Waals surface area contributed by atoms with Crippen LogP contribution in [0.1, 0.15) is 51.5 Å². The van der Waals surface area contributed by atoms with Crippen molar-refractivity contribution in [2.75, 3.05) is 18.5 Å². The van der Waals surface area contributed by atoms with Crippen molar-refractivity contribution in [1.82, 2.24) is 0 Å². The average Bonchev–Trinajstić information content (AvgIpc) is 3.18. The minimum absolute atomic E-state index is 0.0735. The van der Waals surface area contributed by atoms with Crippen molar-refractivity contribution in [1.29, 1.82) is 0 Å². The Hall–Kier alpha value is -4.33. The first-order valence-corrected chi connectivity index (χ1v) is 11.2. The fourth-order valence-electron chi connectivity index (χ4n) is 3.22. The molecule has 0 radical (unpaired) electrons. The zero-order valence-corrected chi connectivity index (χ0v) is 19.8. The summed E-state index contributed by atoms with van der Waals surface area (Å²) in [4.78, 5) is 37.3. The quantitative estimate of drug-likeness (QED) is 0.317. The molecule has 0 aliphatic carbocycles. The topological polar surface area (TPSA) is 104 Å². The van der Waals surface area contributed by atoms with Crippen molar-refractivity contribution in [3.8, 4) is 5.75 Å². The van der Waals surface area contributed by atoms with Crippen molar-refractivity contribution < 1.29 is 33.0 Å². The summed E-state index contributed by atoms with van der Waals surface area (Å²) in [6.45, 7) is 5.44. The van der Waals surface area contributed by atoms with Gasteiger partial charge in [-0.05, 0) is 50.1 Å². The molecule has 35 heavy (non-hydrogen) atoms. The Kier molecular flexibility index (Phi) is 8.83. The number of aryl methyl sites for hydroxylation is 1. The van der Waals surface area contributed by atoms with Gasteiger partial charge in [0, 0.05) is 6.08 Å². The van der Waals surface area contributed by atoms with Gasteiger partial charge in [-0.2, -0.15) is 0 Å². The minimum Gasteiger partial charge on any atom is -0.489 e. The Morgan fingerprint density at radius 3 is 2.14 bits per heavy atom. The van der Waals surface area contributed by atoms with Crippen LogP contribution < -0.4 is 10.1 Å². The van der Waals surface area contributed by atoms with E-state index in [1.807, 2.05) is 42.5 Å². The lowest BCUT2D eigenvalue weighted by Crippen LogP contribution is -2.16. The summed E-state index contributed by atoms with van der Waals surface area (Å²) in [7, 11) is 0. The van der Waals surface area contributed by atoms with Gasteiger partial charge in [-0.15, -0.1) is 0 Å². The summed E-state index contributed by atoms with van der Waals surface area (Å²) in [5.74, 6) is -1.42. The van der Waals surface area contributed by atoms with Crippen LogP contribution in [0, 0.1) is 6.92 Å². The third-order valence-corrected chi connectivity index (χ3v) is 4.84. The molecule has 1 amide bonds. The summed E-state index contributed by atoms with van der Waals surface area (Å²) < 4.78 is 21.3. The number of carbonyl (C=O) groups excluding carboxylic acids is 3. The molecule has 0 aliphatic heterocycles. The van der Waals surface area contributed by atoms with Gasteiger partial charge in [0.1, 0.15) is 29.2 Å². The van der Waals surface area contributed by atoms with Crippen molar-refractivity contribution >= 4 is 29.8 Å². The molecule has 8 heteroatoms. The summed E-state index contributed by atoms with van der Waals surface area (Å²) >= 11 is 0. The first-order chi connectivity index (χ1) is 16.9. The lowest BCUT2D eigenvalue weighted by Gasteiger charge is -2.06. The Bertz CT molecular complexity index is 1190. The molecule has 0 bridgehead atoms. The number of ether oxygens (including phenoxy) is 3. The zero-order valence-electron chi connectivity index (χ0n) is 19.8. The van der Waals surface area contributed by atoms with E-state index in [9.17, 15) is 14.4 Å². The normalized spacial score (nSPS) is 10.7. The number of anilines is 1. The number of benzene rings is 2. The number of carbonyl (C=O) groups is 3. The predicted octanol–water partition coefficient (Wildman–Crippen LogP) is 5.17. The van der Waals surface area contributed by atoms with Crippen LogP contribution in [-0.2, 0) is 20.9 Å². The molecule has 3 rings (SSSR count). The summed E-state index contributed by atoms with van der Waals surface area (Å²) in [5.41, 5.74) is 1.58. The SMILES string of the molecule is CCOC(=O)c1c(C)oc(NC(=O)/C=C/c2ccc(OCc3ccccc3)cc2)c1C(=O)OCC. The number of esters is 2. The number of hydrogen-bond donors (Lipinski definition) is 1. The third-order valence-electron chi connectivity index (χ3n) is 4.84. The van der Waals surface area contributed by atoms with Gasteiger partial charge in [0.25, 0.3) is 5.91 Å². The van der Waals surface area contributed by atoms with Gasteiger partial charge in [0.05, 0.1) is 13.2 Å². The number of hydrogen-bond acceptors (Lipinski definition) is 7. The van der Waals surface area contributed by atoms with Gasteiger partial charge in [0.15, 0.2) is 0 Å². The molecular weight excluding hydrogens is 450 g/mol. The van der Waals surface area contributed by atoms with E-state index in [4.69, 9.17) is 18.6 Å². The van der Waals surface area contributed by atoms with Crippen LogP contribution in [0.4, 0.5) is 5.88 Å². The van der Waals surface area contributed by atoms with E-state index in [2.05, 4.69) is 5.32 Å². The van der Waals surface area contributed by atoms with Crippen molar-refractivity contribution in [2.45, 2.75) is 27.4 Å². The molecule has 2 aromatic carbocycles. The second-order valence-electron chi connectivity index (χ2n) is 7.34. The lowest BCUT2D eigenvalue weighted by molar-refractivity contribution is -0.111. The Labute approximate surface area is 203 Å². The van der Waals surface area contributed by atoms with Gasteiger partial charge in [0.2, 0.25) is 5.88 Å². The molecule has 8 nitrogen and oxygen atoms in total. The number of amides is 1. The van der Waals surface area contributed by atoms with Crippen LogP contribution in [0.5, 0.6) is 5.75 Å². The molecule has 0 saturated carbocycles. The Morgan fingerprint density at radius 2 is 1.51 bits per heavy atom. The predicted molar refractivity (Wildman–Crippen MR) is 130 cm³/mol. The highest BCUT2D eigenvalue weighted by molar-refractivity contribution is 6.11. The van der Waals surface area contributed by atoms with Gasteiger partial charge in [-0.3, -0.25) is 10.1 Å². The average molecular weight is 478 g/mol. The molecule has 0 aliphatic rings. The van der Waals surface area contributed by atoms with Gasteiger partial charge in [-0.25, -0.2) is 9.59 Å². The first-order valence-electron chi connectivity index (χ1n) is 11.2. The highest BCUT2D eigenvalue weighted by Crippen LogP contribution is 2.29. The summed E-state index contributed by atoms with van der Waals surface area (Å²) in [6.07, 6.45) is 2.89. The molecule has 1 N–H and O–H groups in total. The number of furan rings is 1. The van der Waals surface area contributed by atoms with E-state index in [0.717, 1.165) is 11.1 Å². The molecule has 0 saturated heterocycles. The second kappa shape index (κ2) is 12.2. The summed E-state index contributed by atoms with van der Waals surface area (Å²) in [5, 5.41) is 2.50. The Balaban J connectivity index is 1.68. The van der Waals surface area contributed by atoms with Crippen LogP contribution in [0.15, 0.2) is 65.1 Å². The molecule has 1 aromatic heterocycles. The molecular formula is C27H27NO7. The lowest BCUT2D eigenvalue weighted by atomic mass is 10.1. The van der Waals surface area contributed by atoms with Gasteiger partial charge in [-0.1, -0.05) is 42.5 Å². The summed E-state index contributed by atoms with van der Waals surface area (Å²) in [6, 6.07) is 17.1. The van der Waals surface area contributed by atoms with Gasteiger partial charge >= 0.3 is 11.9 Å². The first kappa shape index (κ1) is 25.3. The fourth-order valence-corrected chi connectivity index (χ4v) is 3.22. The molecule has 3 aromatic rings. The van der Waals surface area contributed by atoms with E-state index in [0.29, 0.717) is 12.4 Å². The van der Waals surface area contributed by atoms with Crippen molar-refractivity contribution in [3.05, 3.63) is 88.7 Å². The maximum atomic E-state index is 12.5. The largest absolute Gasteiger partial charge is 0.489 e. The maximum Gasteiger partial charge on any atom is 0.344 e. The third kappa shape index (κ3) is 6.83. The zero-order chi connectivity index (χ0) is 25.2. The standard InChI is InChI=1S/C27H27NO7/c1-4-32-26(30)23-18(3)35-25(24(23)27(31)33-5-2)28-22(29)16-13-19-11-14-21(15-12-19)34-17-20-9-7-6-8-10-20/h6-16H,4-5,17H2,1-3H3,(H,28,29)/b16-13+. The highest BCUT2D eigenvalue weighted by Gasteiger charge is 2.31. The Morgan fingerprint density at radius 1 is 0.886 bits per heavy atom. The fraction of sp³-hybridized carbons (Fsp3) is 0.222. The molecule has 0 unspecified atom stereocenters. The molecule has 0 fully saturated rings. The van der Waals surface area contributed by atoms with E-state index in [1.54, 1.807) is 32.1 Å². The highest BCUT2D eigenvalue weighted by atomic mass is 16.5. The van der Waals surface area contributed by atoms with Crippen molar-refractivity contribution in [2.24, 2.45) is 0 Å². The van der Waals surface area contributed by atoms with Crippen LogP contribution in [0.3, 0.4) is 0 Å². The number of rotatable bonds is 10. The van der Waals surface area contributed by atoms with E-state index >= 15 is 0 Å². The molecule has 0 atom stereocenters. The smallest absolute Gasteiger partial charge is 0.344 e. The van der Waals surface area contributed by atoms with Crippen LogP contribution >= 0.6 is 0 Å². The van der Waals surface area contributed by atoms with Gasteiger partial charge < -0.3 is 18.6 Å². The molecule has 182 valence electrons. The van der Waals surface area contributed by atoms with Crippen LogP contribution in [0.2, 0.25) is 0 Å². The van der Waals surface area contributed by atoms with Crippen LogP contribution in [-0.4, -0.2) is 31.1 Å². The second-order valence-corrected chi connectivity index (χ2v) is 7.34. The monoisotopic (exact) mass is 477 g/mol. The molecule has 1 heterocycles. The van der Waals surface area contributed by atoms with Crippen LogP contribution in [0.25, 0.3) is 6.08 Å². The van der Waals surface area contributed by atoms with E-state index < -0.39 is 17.8 Å². The number of nitrogens with one attached hydrogen (secondary N) is 1. The molecule has 0 spiro atoms. The van der Waals surface area contributed by atoms with E-state index in [1.165, 1.54) is 13.0 Å².